The van der Waals surface area contributed by atoms with Crippen molar-refractivity contribution in [2.75, 3.05) is 6.61 Å². The van der Waals surface area contributed by atoms with Crippen molar-refractivity contribution in [2.24, 2.45) is 0 Å². The van der Waals surface area contributed by atoms with Gasteiger partial charge >= 0.3 is 0 Å². The van der Waals surface area contributed by atoms with Gasteiger partial charge in [0.2, 0.25) is 0 Å². The lowest BCUT2D eigenvalue weighted by Gasteiger charge is -2.06. The smallest absolute Gasteiger partial charge is 0.0797 e. The quantitative estimate of drug-likeness (QED) is 0.758. The molecule has 1 fully saturated rings. The number of aromatic nitrogens is 1. The van der Waals surface area contributed by atoms with Gasteiger partial charge in [-0.05, 0) is 30.9 Å². The Morgan fingerprint density at radius 3 is 2.67 bits per heavy atom. The molecule has 1 aliphatic rings. The monoisotopic (exact) mass is 302 g/mol. The minimum Gasteiger partial charge on any atom is -0.376 e. The van der Waals surface area contributed by atoms with Crippen LogP contribution in [0.4, 0.5) is 0 Å². The zero-order chi connectivity index (χ0) is 14.5. The SMILES string of the molecule is Cc1ncsc1CCOCc1ccc(CNC2CC2)cc1. The Morgan fingerprint density at radius 2 is 2.00 bits per heavy atom. The van der Waals surface area contributed by atoms with Gasteiger partial charge in [0.15, 0.2) is 0 Å². The molecule has 0 aliphatic heterocycles. The van der Waals surface area contributed by atoms with Gasteiger partial charge in [-0.3, -0.25) is 0 Å². The molecule has 1 aromatic heterocycles. The summed E-state index contributed by atoms with van der Waals surface area (Å²) in [7, 11) is 0. The highest BCUT2D eigenvalue weighted by atomic mass is 32.1. The fourth-order valence-corrected chi connectivity index (χ4v) is 2.99. The van der Waals surface area contributed by atoms with Crippen molar-refractivity contribution in [3.05, 3.63) is 51.5 Å². The summed E-state index contributed by atoms with van der Waals surface area (Å²) in [6, 6.07) is 9.50. The average molecular weight is 302 g/mol. The number of thiazole rings is 1. The van der Waals surface area contributed by atoms with Gasteiger partial charge in [0.25, 0.3) is 0 Å². The second-order valence-corrected chi connectivity index (χ2v) is 6.57. The highest BCUT2D eigenvalue weighted by Gasteiger charge is 2.19. The number of aryl methyl sites for hydroxylation is 1. The first-order valence-electron chi connectivity index (χ1n) is 7.59. The molecule has 1 heterocycles. The minimum atomic E-state index is 0.689. The number of hydrogen-bond donors (Lipinski definition) is 1. The van der Waals surface area contributed by atoms with Crippen LogP contribution in [-0.2, 0) is 24.3 Å². The predicted octanol–water partition coefficient (Wildman–Crippen LogP) is 3.46. The maximum atomic E-state index is 5.76. The van der Waals surface area contributed by atoms with E-state index in [0.29, 0.717) is 6.61 Å². The van der Waals surface area contributed by atoms with E-state index >= 15 is 0 Å². The number of nitrogens with one attached hydrogen (secondary N) is 1. The molecule has 1 N–H and O–H groups in total. The van der Waals surface area contributed by atoms with E-state index in [-0.39, 0.29) is 0 Å². The first-order valence-corrected chi connectivity index (χ1v) is 8.47. The molecule has 21 heavy (non-hydrogen) atoms. The van der Waals surface area contributed by atoms with Crippen LogP contribution in [0.2, 0.25) is 0 Å². The van der Waals surface area contributed by atoms with E-state index in [0.717, 1.165) is 31.3 Å². The van der Waals surface area contributed by atoms with E-state index in [4.69, 9.17) is 4.74 Å². The summed E-state index contributed by atoms with van der Waals surface area (Å²) in [5, 5.41) is 3.53. The van der Waals surface area contributed by atoms with Gasteiger partial charge in [-0.1, -0.05) is 24.3 Å². The molecule has 0 radical (unpaired) electrons. The number of benzene rings is 1. The second kappa shape index (κ2) is 7.16. The standard InChI is InChI=1S/C17H22N2OS/c1-13-17(21-12-19-13)8-9-20-11-15-4-2-14(3-5-15)10-18-16-6-7-16/h2-5,12,16,18H,6-11H2,1H3. The molecule has 1 aromatic carbocycles. The van der Waals surface area contributed by atoms with Crippen molar-refractivity contribution >= 4 is 11.3 Å². The Labute approximate surface area is 130 Å². The summed E-state index contributed by atoms with van der Waals surface area (Å²) in [6.07, 6.45) is 3.64. The van der Waals surface area contributed by atoms with Crippen LogP contribution in [0.3, 0.4) is 0 Å². The summed E-state index contributed by atoms with van der Waals surface area (Å²) in [5.41, 5.74) is 5.63. The Balaban J connectivity index is 1.37. The largest absolute Gasteiger partial charge is 0.376 e. The molecule has 0 amide bonds. The minimum absolute atomic E-state index is 0.689. The van der Waals surface area contributed by atoms with Crippen LogP contribution < -0.4 is 5.32 Å². The molecular formula is C17H22N2OS. The van der Waals surface area contributed by atoms with Crippen molar-refractivity contribution in [1.29, 1.82) is 0 Å². The Bertz CT molecular complexity index is 560. The van der Waals surface area contributed by atoms with Gasteiger partial charge < -0.3 is 10.1 Å². The summed E-state index contributed by atoms with van der Waals surface area (Å²) in [5.74, 6) is 0. The third-order valence-electron chi connectivity index (χ3n) is 3.78. The van der Waals surface area contributed by atoms with Crippen molar-refractivity contribution in [2.45, 2.75) is 45.4 Å². The van der Waals surface area contributed by atoms with E-state index in [1.807, 2.05) is 5.51 Å². The van der Waals surface area contributed by atoms with Gasteiger partial charge in [-0.15, -0.1) is 11.3 Å². The zero-order valence-corrected chi connectivity index (χ0v) is 13.3. The fourth-order valence-electron chi connectivity index (χ4n) is 2.22. The number of nitrogens with zero attached hydrogens (tertiary/aromatic N) is 1. The maximum absolute atomic E-state index is 5.76. The maximum Gasteiger partial charge on any atom is 0.0797 e. The Hall–Kier alpha value is -1.23. The van der Waals surface area contributed by atoms with Gasteiger partial charge in [-0.2, -0.15) is 0 Å². The molecule has 1 saturated carbocycles. The van der Waals surface area contributed by atoms with Crippen LogP contribution in [0.25, 0.3) is 0 Å². The lowest BCUT2D eigenvalue weighted by atomic mass is 10.1. The molecule has 3 nitrogen and oxygen atoms in total. The van der Waals surface area contributed by atoms with Crippen molar-refractivity contribution < 1.29 is 4.74 Å². The van der Waals surface area contributed by atoms with E-state index in [2.05, 4.69) is 41.5 Å². The summed E-state index contributed by atoms with van der Waals surface area (Å²) in [4.78, 5) is 5.58. The summed E-state index contributed by atoms with van der Waals surface area (Å²) >= 11 is 1.71. The van der Waals surface area contributed by atoms with Gasteiger partial charge in [0.1, 0.15) is 0 Å². The lowest BCUT2D eigenvalue weighted by molar-refractivity contribution is 0.124. The summed E-state index contributed by atoms with van der Waals surface area (Å²) < 4.78 is 5.76. The van der Waals surface area contributed by atoms with Crippen LogP contribution in [0.15, 0.2) is 29.8 Å². The van der Waals surface area contributed by atoms with Gasteiger partial charge in [0, 0.05) is 23.9 Å². The molecule has 2 aromatic rings. The molecule has 3 rings (SSSR count). The first-order chi connectivity index (χ1) is 10.3. The number of ether oxygens (including phenoxy) is 1. The van der Waals surface area contributed by atoms with Gasteiger partial charge in [0.05, 0.1) is 24.4 Å². The molecule has 4 heteroatoms. The van der Waals surface area contributed by atoms with E-state index in [1.54, 1.807) is 11.3 Å². The Morgan fingerprint density at radius 1 is 1.24 bits per heavy atom. The van der Waals surface area contributed by atoms with Gasteiger partial charge in [-0.25, -0.2) is 4.98 Å². The Kier molecular flexibility index (Phi) is 5.01. The highest BCUT2D eigenvalue weighted by Crippen LogP contribution is 2.19. The third kappa shape index (κ3) is 4.63. The third-order valence-corrected chi connectivity index (χ3v) is 4.78. The number of rotatable bonds is 8. The molecule has 0 saturated heterocycles. The van der Waals surface area contributed by atoms with E-state index in [1.165, 1.54) is 28.8 Å². The first kappa shape index (κ1) is 14.7. The fraction of sp³-hybridized carbons (Fsp3) is 0.471. The van der Waals surface area contributed by atoms with Crippen molar-refractivity contribution in [1.82, 2.24) is 10.3 Å². The van der Waals surface area contributed by atoms with Crippen molar-refractivity contribution in [3.63, 3.8) is 0 Å². The normalized spacial score (nSPS) is 14.5. The molecule has 112 valence electrons. The molecular weight excluding hydrogens is 280 g/mol. The van der Waals surface area contributed by atoms with Crippen LogP contribution >= 0.6 is 11.3 Å². The topological polar surface area (TPSA) is 34.1 Å². The van der Waals surface area contributed by atoms with Crippen LogP contribution in [0.5, 0.6) is 0 Å². The van der Waals surface area contributed by atoms with Crippen molar-refractivity contribution in [3.8, 4) is 0 Å². The van der Waals surface area contributed by atoms with E-state index in [9.17, 15) is 0 Å². The molecule has 0 unspecified atom stereocenters. The number of hydrogen-bond acceptors (Lipinski definition) is 4. The molecule has 1 aliphatic carbocycles. The zero-order valence-electron chi connectivity index (χ0n) is 12.5. The molecule has 0 spiro atoms. The second-order valence-electron chi connectivity index (χ2n) is 5.64. The molecule has 0 bridgehead atoms. The van der Waals surface area contributed by atoms with Crippen LogP contribution in [-0.4, -0.2) is 17.6 Å². The van der Waals surface area contributed by atoms with E-state index < -0.39 is 0 Å². The van der Waals surface area contributed by atoms with Crippen LogP contribution in [0.1, 0.15) is 34.5 Å². The summed E-state index contributed by atoms with van der Waals surface area (Å²) in [6.45, 7) is 4.49. The van der Waals surface area contributed by atoms with Crippen LogP contribution in [0, 0.1) is 6.92 Å². The predicted molar refractivity (Wildman–Crippen MR) is 86.5 cm³/mol. The molecule has 0 atom stereocenters. The highest BCUT2D eigenvalue weighted by molar-refractivity contribution is 7.09. The average Bonchev–Trinajstić information content (AvgIpc) is 3.25. The lowest BCUT2D eigenvalue weighted by Crippen LogP contribution is -2.15.